The van der Waals surface area contributed by atoms with Crippen LogP contribution in [-0.4, -0.2) is 89.1 Å². The van der Waals surface area contributed by atoms with Crippen LogP contribution in [0.25, 0.3) is 0 Å². The second-order valence-corrected chi connectivity index (χ2v) is 12.5. The number of carboxylic acid groups (broad SMARTS) is 2. The maximum atomic E-state index is 13.3. The Morgan fingerprint density at radius 1 is 1.33 bits per heavy atom. The molecular formula is C25H25BrN6O9S2. The first-order valence-corrected chi connectivity index (χ1v) is 14.9. The smallest absolute Gasteiger partial charge is 0.352 e. The van der Waals surface area contributed by atoms with E-state index in [1.165, 1.54) is 54.2 Å². The predicted molar refractivity (Wildman–Crippen MR) is 161 cm³/mol. The fourth-order valence-electron chi connectivity index (χ4n) is 4.03. The van der Waals surface area contributed by atoms with Crippen LogP contribution in [0.5, 0.6) is 11.5 Å². The Balaban J connectivity index is 1.58. The number of fused-ring (bicyclic) bond motifs is 1. The SMILES string of the molecule is C=CN(CC1=C(C(=O)O)N2C(=O)C(NC(=O)/C(=N\OC(C)(C)C(=O)O)c3csc(N)n3)[C@@H]2SC1)c1cc(O)c(O)cc1Br. The van der Waals surface area contributed by atoms with Crippen molar-refractivity contribution >= 4 is 79.3 Å². The molecule has 43 heavy (non-hydrogen) atoms. The van der Waals surface area contributed by atoms with Gasteiger partial charge in [-0.2, -0.15) is 0 Å². The third-order valence-electron chi connectivity index (χ3n) is 6.33. The van der Waals surface area contributed by atoms with E-state index >= 15 is 0 Å². The number of rotatable bonds is 11. The lowest BCUT2D eigenvalue weighted by Crippen LogP contribution is -2.71. The zero-order valence-electron chi connectivity index (χ0n) is 22.5. The number of aromatic nitrogens is 1. The molecule has 15 nitrogen and oxygen atoms in total. The van der Waals surface area contributed by atoms with E-state index in [1.807, 2.05) is 0 Å². The molecule has 3 heterocycles. The molecule has 0 spiro atoms. The summed E-state index contributed by atoms with van der Waals surface area (Å²) in [5, 5.41) is 46.1. The van der Waals surface area contributed by atoms with Crippen LogP contribution in [0.4, 0.5) is 10.8 Å². The number of nitrogens with two attached hydrogens (primary N) is 1. The summed E-state index contributed by atoms with van der Waals surface area (Å²) in [5.74, 6) is -4.90. The summed E-state index contributed by atoms with van der Waals surface area (Å²) in [7, 11) is 0. The highest BCUT2D eigenvalue weighted by atomic mass is 79.9. The average molecular weight is 698 g/mol. The minimum atomic E-state index is -1.79. The Morgan fingerprint density at radius 2 is 2.00 bits per heavy atom. The van der Waals surface area contributed by atoms with Crippen molar-refractivity contribution in [3.63, 3.8) is 0 Å². The number of aliphatic carboxylic acids is 2. The lowest BCUT2D eigenvalue weighted by atomic mass is 10.0. The predicted octanol–water partition coefficient (Wildman–Crippen LogP) is 1.87. The number of nitrogen functional groups attached to an aromatic ring is 1. The Bertz CT molecular complexity index is 1590. The summed E-state index contributed by atoms with van der Waals surface area (Å²) in [6.07, 6.45) is 1.40. The number of carbonyl (C=O) groups is 4. The van der Waals surface area contributed by atoms with Crippen molar-refractivity contribution in [3.8, 4) is 11.5 Å². The second-order valence-electron chi connectivity index (χ2n) is 9.64. The van der Waals surface area contributed by atoms with Gasteiger partial charge in [-0.1, -0.05) is 11.7 Å². The number of carbonyl (C=O) groups excluding carboxylic acids is 2. The van der Waals surface area contributed by atoms with Gasteiger partial charge in [-0.05, 0) is 41.6 Å². The zero-order chi connectivity index (χ0) is 31.8. The van der Waals surface area contributed by atoms with Crippen LogP contribution in [0.2, 0.25) is 0 Å². The highest BCUT2D eigenvalue weighted by molar-refractivity contribution is 9.10. The van der Waals surface area contributed by atoms with E-state index < -0.39 is 52.2 Å². The molecule has 1 aromatic heterocycles. The van der Waals surface area contributed by atoms with E-state index in [0.29, 0.717) is 15.7 Å². The molecule has 4 rings (SSSR count). The van der Waals surface area contributed by atoms with Crippen LogP contribution in [0.1, 0.15) is 19.5 Å². The highest BCUT2D eigenvalue weighted by Gasteiger charge is 2.54. The molecule has 7 N–H and O–H groups in total. The molecule has 228 valence electrons. The van der Waals surface area contributed by atoms with Crippen molar-refractivity contribution in [3.05, 3.63) is 51.7 Å². The van der Waals surface area contributed by atoms with Crippen LogP contribution in [-0.2, 0) is 24.0 Å². The maximum absolute atomic E-state index is 13.3. The van der Waals surface area contributed by atoms with E-state index in [4.69, 9.17) is 10.6 Å². The van der Waals surface area contributed by atoms with E-state index in [1.54, 1.807) is 0 Å². The van der Waals surface area contributed by atoms with Crippen molar-refractivity contribution in [2.24, 2.45) is 5.16 Å². The molecular weight excluding hydrogens is 672 g/mol. The zero-order valence-corrected chi connectivity index (χ0v) is 25.7. The fourth-order valence-corrected chi connectivity index (χ4v) is 6.47. The van der Waals surface area contributed by atoms with E-state index in [0.717, 1.165) is 16.2 Å². The van der Waals surface area contributed by atoms with Gasteiger partial charge in [0.1, 0.15) is 22.8 Å². The number of phenolic OH excluding ortho intramolecular Hbond substituents is 2. The lowest BCUT2D eigenvalue weighted by molar-refractivity contribution is -0.161. The number of oxime groups is 1. The van der Waals surface area contributed by atoms with Crippen LogP contribution in [0.15, 0.2) is 51.2 Å². The minimum Gasteiger partial charge on any atom is -0.504 e. The molecule has 2 aliphatic rings. The van der Waals surface area contributed by atoms with Crippen molar-refractivity contribution in [2.45, 2.75) is 30.9 Å². The first-order chi connectivity index (χ1) is 20.2. The number of hydrogen-bond acceptors (Lipinski definition) is 13. The van der Waals surface area contributed by atoms with Gasteiger partial charge in [0.15, 0.2) is 22.3 Å². The van der Waals surface area contributed by atoms with E-state index in [2.05, 4.69) is 38.0 Å². The van der Waals surface area contributed by atoms with Gasteiger partial charge < -0.3 is 41.2 Å². The van der Waals surface area contributed by atoms with Gasteiger partial charge in [-0.25, -0.2) is 14.6 Å². The molecule has 0 bridgehead atoms. The summed E-state index contributed by atoms with van der Waals surface area (Å²) in [6.45, 7) is 6.18. The van der Waals surface area contributed by atoms with Gasteiger partial charge in [0.05, 0.1) is 5.69 Å². The number of thiazole rings is 1. The first kappa shape index (κ1) is 31.6. The third-order valence-corrected chi connectivity index (χ3v) is 8.98. The largest absolute Gasteiger partial charge is 0.504 e. The molecule has 1 fully saturated rings. The Kier molecular flexibility index (Phi) is 8.93. The molecule has 18 heteroatoms. The van der Waals surface area contributed by atoms with Gasteiger partial charge in [0, 0.05) is 34.3 Å². The summed E-state index contributed by atoms with van der Waals surface area (Å²) in [6, 6.07) is 1.41. The Hall–Kier alpha value is -4.29. The maximum Gasteiger partial charge on any atom is 0.352 e. The van der Waals surface area contributed by atoms with E-state index in [-0.39, 0.29) is 34.6 Å². The highest BCUT2D eigenvalue weighted by Crippen LogP contribution is 2.42. The summed E-state index contributed by atoms with van der Waals surface area (Å²) < 4.78 is 0.402. The van der Waals surface area contributed by atoms with Gasteiger partial charge in [0.2, 0.25) is 5.60 Å². The molecule has 0 saturated carbocycles. The number of hydrogen-bond donors (Lipinski definition) is 6. The lowest BCUT2D eigenvalue weighted by Gasteiger charge is -2.49. The number of anilines is 2. The van der Waals surface area contributed by atoms with Crippen molar-refractivity contribution in [1.29, 1.82) is 0 Å². The number of benzene rings is 1. The summed E-state index contributed by atoms with van der Waals surface area (Å²) in [5.41, 5.74) is 3.94. The number of halogens is 1. The van der Waals surface area contributed by atoms with E-state index in [9.17, 15) is 39.6 Å². The Labute approximate surface area is 260 Å². The molecule has 2 aliphatic heterocycles. The first-order valence-electron chi connectivity index (χ1n) is 12.2. The molecule has 1 saturated heterocycles. The molecule has 2 aromatic rings. The summed E-state index contributed by atoms with van der Waals surface area (Å²) >= 11 is 5.51. The standard InChI is InChI=1S/C25H25BrN6O9S2/c1-4-31(13-6-15(34)14(33)5-11(13)26)7-10-8-42-21-17(20(36)32(21)18(10)22(37)38)29-19(35)16(12-9-43-24(27)28-12)30-41-25(2,3)23(39)40/h4-6,9,17,21,33-34H,1,7-8H2,2-3H3,(H2,27,28)(H,29,35)(H,37,38)(H,39,40)/b30-16-/t17?,21-/m0/s1. The number of amides is 2. The van der Waals surface area contributed by atoms with Crippen LogP contribution in [0.3, 0.4) is 0 Å². The van der Waals surface area contributed by atoms with Gasteiger partial charge in [-0.15, -0.1) is 23.1 Å². The topological polar surface area (TPSA) is 228 Å². The molecule has 1 unspecified atom stereocenters. The second kappa shape index (κ2) is 12.1. The monoisotopic (exact) mass is 696 g/mol. The normalized spacial score (nSPS) is 18.4. The fraction of sp³-hybridized carbons (Fsp3) is 0.280. The van der Waals surface area contributed by atoms with Crippen LogP contribution < -0.4 is 16.0 Å². The summed E-state index contributed by atoms with van der Waals surface area (Å²) in [4.78, 5) is 62.0. The number of nitrogens with one attached hydrogen (secondary N) is 1. The van der Waals surface area contributed by atoms with Crippen molar-refractivity contribution < 1.29 is 44.4 Å². The van der Waals surface area contributed by atoms with Gasteiger partial charge >= 0.3 is 11.9 Å². The number of phenols is 2. The molecule has 0 radical (unpaired) electrons. The molecule has 2 atom stereocenters. The number of nitrogens with zero attached hydrogens (tertiary/aromatic N) is 4. The molecule has 2 amide bonds. The van der Waals surface area contributed by atoms with Crippen LogP contribution >= 0.6 is 39.0 Å². The quantitative estimate of drug-likeness (QED) is 0.0854. The van der Waals surface area contributed by atoms with Crippen molar-refractivity contribution in [1.82, 2.24) is 15.2 Å². The Morgan fingerprint density at radius 3 is 2.58 bits per heavy atom. The molecule has 1 aromatic carbocycles. The average Bonchev–Trinajstić information content (AvgIpc) is 3.37. The number of thioether (sulfide) groups is 1. The third kappa shape index (κ3) is 6.25. The minimum absolute atomic E-state index is 0.00883. The number of β-lactam (4-membered cyclic amide) rings is 1. The van der Waals surface area contributed by atoms with Gasteiger partial charge in [-0.3, -0.25) is 14.5 Å². The van der Waals surface area contributed by atoms with Crippen molar-refractivity contribution in [2.75, 3.05) is 22.9 Å². The van der Waals surface area contributed by atoms with Gasteiger partial charge in [0.25, 0.3) is 11.8 Å². The number of carboxylic acids is 2. The van der Waals surface area contributed by atoms with Crippen LogP contribution in [0, 0.1) is 0 Å². The number of aromatic hydroxyl groups is 2. The molecule has 0 aliphatic carbocycles.